The van der Waals surface area contributed by atoms with Gasteiger partial charge < -0.3 is 14.3 Å². The first-order valence-electron chi connectivity index (χ1n) is 10.2. The molecule has 32 heavy (non-hydrogen) atoms. The minimum Gasteiger partial charge on any atom is -0.443 e. The lowest BCUT2D eigenvalue weighted by atomic mass is 10.1. The van der Waals surface area contributed by atoms with Gasteiger partial charge in [-0.3, -0.25) is 4.57 Å². The first-order chi connectivity index (χ1) is 15.2. The van der Waals surface area contributed by atoms with Crippen molar-refractivity contribution >= 4 is 28.4 Å². The van der Waals surface area contributed by atoms with Gasteiger partial charge in [0.15, 0.2) is 0 Å². The molecule has 4 aromatic rings. The predicted octanol–water partition coefficient (Wildman–Crippen LogP) is 5.18. The molecular weight excluding hydrogens is 400 g/mol. The van der Waals surface area contributed by atoms with E-state index in [-0.39, 0.29) is 0 Å². The molecule has 0 atom stereocenters. The van der Waals surface area contributed by atoms with Gasteiger partial charge in [-0.1, -0.05) is 0 Å². The van der Waals surface area contributed by atoms with Gasteiger partial charge in [0.25, 0.3) is 0 Å². The van der Waals surface area contributed by atoms with Crippen LogP contribution in [0, 0.1) is 50.4 Å². The number of fused-ring (bicyclic) bond motifs is 1. The van der Waals surface area contributed by atoms with Gasteiger partial charge in [0.05, 0.1) is 16.6 Å². The lowest BCUT2D eigenvalue weighted by Gasteiger charge is -2.11. The second-order valence-corrected chi connectivity index (χ2v) is 8.09. The van der Waals surface area contributed by atoms with Gasteiger partial charge in [-0.25, -0.2) is 4.98 Å². The number of imidazole rings is 1. The molecule has 7 nitrogen and oxygen atoms in total. The van der Waals surface area contributed by atoms with Crippen LogP contribution in [0.5, 0.6) is 0 Å². The number of nitrogens with zero attached hydrogens (tertiary/aromatic N) is 5. The molecule has 3 aromatic heterocycles. The zero-order chi connectivity index (χ0) is 23.2. The van der Waals surface area contributed by atoms with Gasteiger partial charge in [-0.05, 0) is 63.6 Å². The number of hydrogen-bond donors (Lipinski definition) is 1. The largest absolute Gasteiger partial charge is 0.443 e. The van der Waals surface area contributed by atoms with E-state index in [1.807, 2.05) is 81.6 Å². The smallest absolute Gasteiger partial charge is 0.222 e. The Bertz CT molecular complexity index is 1460. The van der Waals surface area contributed by atoms with Crippen LogP contribution in [-0.2, 0) is 0 Å². The molecule has 0 bridgehead atoms. The van der Waals surface area contributed by atoms with Gasteiger partial charge in [0, 0.05) is 36.7 Å². The summed E-state index contributed by atoms with van der Waals surface area (Å²) in [6.45, 7) is 7.64. The third-order valence-corrected chi connectivity index (χ3v) is 5.81. The minimum atomic E-state index is 0.431. The highest BCUT2D eigenvalue weighted by atomic mass is 16.4. The number of rotatable bonds is 4. The third-order valence-electron chi connectivity index (χ3n) is 5.81. The molecule has 3 heterocycles. The Morgan fingerprint density at radius 1 is 1.16 bits per heavy atom. The van der Waals surface area contributed by atoms with Crippen LogP contribution in [0.4, 0.5) is 5.69 Å². The van der Waals surface area contributed by atoms with Crippen LogP contribution in [-0.4, -0.2) is 28.6 Å². The lowest BCUT2D eigenvalue weighted by molar-refractivity contribution is 0.503. The average Bonchev–Trinajstić information content (AvgIpc) is 3.39. The van der Waals surface area contributed by atoms with Crippen molar-refractivity contribution < 1.29 is 4.42 Å². The van der Waals surface area contributed by atoms with Crippen LogP contribution in [0.3, 0.4) is 0 Å². The molecule has 0 radical (unpaired) electrons. The number of benzene rings is 1. The summed E-state index contributed by atoms with van der Waals surface area (Å²) >= 11 is 0. The maximum absolute atomic E-state index is 9.86. The Hall–Kier alpha value is -4.23. The minimum absolute atomic E-state index is 0.431. The average molecular weight is 425 g/mol. The molecule has 0 fully saturated rings. The molecule has 0 unspecified atom stereocenters. The van der Waals surface area contributed by atoms with Crippen molar-refractivity contribution in [1.29, 1.82) is 10.5 Å². The SMILES string of the molecule is Cc1oc(-n2c(C)cc(/C=C(\C#N)c3nc4ccc(N(C)C)cc4[nH]3)c2C)c(C#N)c1C. The number of nitrogens with one attached hydrogen (secondary N) is 1. The summed E-state index contributed by atoms with van der Waals surface area (Å²) in [5.74, 6) is 1.75. The van der Waals surface area contributed by atoms with Crippen molar-refractivity contribution in [2.24, 2.45) is 0 Å². The van der Waals surface area contributed by atoms with E-state index in [2.05, 4.69) is 22.1 Å². The van der Waals surface area contributed by atoms with E-state index in [1.165, 1.54) is 0 Å². The number of anilines is 1. The van der Waals surface area contributed by atoms with Crippen LogP contribution in [0.15, 0.2) is 28.7 Å². The molecule has 0 amide bonds. The Labute approximate surface area is 186 Å². The Kier molecular flexibility index (Phi) is 5.12. The predicted molar refractivity (Wildman–Crippen MR) is 126 cm³/mol. The summed E-state index contributed by atoms with van der Waals surface area (Å²) in [5, 5.41) is 19.5. The number of H-pyrrole nitrogens is 1. The number of aromatic nitrogens is 3. The molecule has 0 aliphatic rings. The van der Waals surface area contributed by atoms with E-state index >= 15 is 0 Å². The zero-order valence-electron chi connectivity index (χ0n) is 19.0. The highest BCUT2D eigenvalue weighted by Crippen LogP contribution is 2.30. The molecule has 0 saturated heterocycles. The van der Waals surface area contributed by atoms with E-state index in [0.29, 0.717) is 22.8 Å². The van der Waals surface area contributed by atoms with Gasteiger partial charge in [0.1, 0.15) is 29.3 Å². The van der Waals surface area contributed by atoms with Crippen LogP contribution >= 0.6 is 0 Å². The molecule has 0 spiro atoms. The monoisotopic (exact) mass is 424 g/mol. The molecule has 7 heteroatoms. The number of hydrogen-bond acceptors (Lipinski definition) is 5. The van der Waals surface area contributed by atoms with Gasteiger partial charge in [-0.15, -0.1) is 0 Å². The quantitative estimate of drug-likeness (QED) is 0.455. The normalized spacial score (nSPS) is 11.6. The van der Waals surface area contributed by atoms with Crippen molar-refractivity contribution in [1.82, 2.24) is 14.5 Å². The maximum Gasteiger partial charge on any atom is 0.222 e. The molecule has 4 rings (SSSR count). The Morgan fingerprint density at radius 2 is 1.91 bits per heavy atom. The topological polar surface area (TPSA) is 97.6 Å². The standard InChI is InChI=1S/C25H24N6O/c1-14-9-18(16(3)31(14)25-21(13-27)15(2)17(4)32-25)10-19(12-26)24-28-22-8-7-20(30(5)6)11-23(22)29-24/h7-11H,1-6H3,(H,28,29)/b19-10+. The fourth-order valence-electron chi connectivity index (χ4n) is 3.86. The summed E-state index contributed by atoms with van der Waals surface area (Å²) in [7, 11) is 3.96. The first-order valence-corrected chi connectivity index (χ1v) is 10.2. The van der Waals surface area contributed by atoms with Crippen molar-refractivity contribution in [3.8, 4) is 18.0 Å². The van der Waals surface area contributed by atoms with Crippen molar-refractivity contribution in [3.63, 3.8) is 0 Å². The fraction of sp³-hybridized carbons (Fsp3) is 0.240. The van der Waals surface area contributed by atoms with Crippen LogP contribution in [0.1, 0.15) is 39.7 Å². The van der Waals surface area contributed by atoms with Crippen molar-refractivity contribution in [2.75, 3.05) is 19.0 Å². The van der Waals surface area contributed by atoms with E-state index in [9.17, 15) is 10.5 Å². The highest BCUT2D eigenvalue weighted by Gasteiger charge is 2.20. The molecule has 160 valence electrons. The van der Waals surface area contributed by atoms with Crippen LogP contribution in [0.25, 0.3) is 28.6 Å². The molecule has 0 aliphatic heterocycles. The molecule has 1 N–H and O–H groups in total. The second-order valence-electron chi connectivity index (χ2n) is 8.09. The van der Waals surface area contributed by atoms with Gasteiger partial charge in [0.2, 0.25) is 5.88 Å². The number of nitriles is 2. The number of aryl methyl sites for hydroxylation is 2. The van der Waals surface area contributed by atoms with E-state index in [0.717, 1.165) is 45.0 Å². The maximum atomic E-state index is 9.86. The van der Waals surface area contributed by atoms with Crippen LogP contribution < -0.4 is 4.90 Å². The fourth-order valence-corrected chi connectivity index (χ4v) is 3.86. The summed E-state index contributed by atoms with van der Waals surface area (Å²) < 4.78 is 7.83. The summed E-state index contributed by atoms with van der Waals surface area (Å²) in [6.07, 6.45) is 1.82. The summed E-state index contributed by atoms with van der Waals surface area (Å²) in [4.78, 5) is 9.89. The van der Waals surface area contributed by atoms with Gasteiger partial charge >= 0.3 is 0 Å². The number of aromatic amines is 1. The van der Waals surface area contributed by atoms with E-state index < -0.39 is 0 Å². The highest BCUT2D eigenvalue weighted by molar-refractivity contribution is 5.91. The van der Waals surface area contributed by atoms with Crippen molar-refractivity contribution in [2.45, 2.75) is 27.7 Å². The number of furan rings is 1. The Morgan fingerprint density at radius 3 is 2.56 bits per heavy atom. The first kappa shape index (κ1) is 21.0. The van der Waals surface area contributed by atoms with E-state index in [4.69, 9.17) is 4.42 Å². The second kappa shape index (κ2) is 7.79. The molecule has 1 aromatic carbocycles. The van der Waals surface area contributed by atoms with Crippen LogP contribution in [0.2, 0.25) is 0 Å². The van der Waals surface area contributed by atoms with Gasteiger partial charge in [-0.2, -0.15) is 10.5 Å². The molecule has 0 saturated carbocycles. The lowest BCUT2D eigenvalue weighted by Crippen LogP contribution is -2.07. The van der Waals surface area contributed by atoms with E-state index in [1.54, 1.807) is 0 Å². The summed E-state index contributed by atoms with van der Waals surface area (Å²) in [5.41, 5.74) is 7.18. The van der Waals surface area contributed by atoms with Crippen molar-refractivity contribution in [3.05, 3.63) is 63.9 Å². The summed E-state index contributed by atoms with van der Waals surface area (Å²) in [6, 6.07) is 12.4. The zero-order valence-corrected chi connectivity index (χ0v) is 19.0. The third kappa shape index (κ3) is 3.34. The Balaban J connectivity index is 1.81. The molecular formula is C25H24N6O. The molecule has 0 aliphatic carbocycles. The number of allylic oxidation sites excluding steroid dienone is 1.